The molecule has 0 saturated heterocycles. The van der Waals surface area contributed by atoms with Gasteiger partial charge >= 0.3 is 0 Å². The van der Waals surface area contributed by atoms with Crippen LogP contribution in [-0.2, 0) is 17.8 Å². The Kier molecular flexibility index (Phi) is 6.02. The van der Waals surface area contributed by atoms with Crippen LogP contribution in [0.4, 0.5) is 0 Å². The molecule has 2 aromatic carbocycles. The fraction of sp³-hybridized carbons (Fsp3) is 0.238. The second-order valence-electron chi connectivity index (χ2n) is 6.05. The zero-order valence-electron chi connectivity index (χ0n) is 15.0. The molecule has 0 fully saturated rings. The molecule has 0 bridgehead atoms. The highest BCUT2D eigenvalue weighted by molar-refractivity contribution is 7.13. The third-order valence-corrected chi connectivity index (χ3v) is 5.16. The molecule has 4 nitrogen and oxygen atoms in total. The molecule has 0 radical (unpaired) electrons. The molecule has 0 aliphatic heterocycles. The molecular weight excluding hydrogens is 344 g/mol. The van der Waals surface area contributed by atoms with Crippen molar-refractivity contribution in [2.24, 2.45) is 0 Å². The second-order valence-corrected chi connectivity index (χ2v) is 6.91. The number of thiazole rings is 1. The van der Waals surface area contributed by atoms with E-state index >= 15 is 0 Å². The van der Waals surface area contributed by atoms with Gasteiger partial charge in [-0.25, -0.2) is 4.98 Å². The molecule has 134 valence electrons. The zero-order valence-corrected chi connectivity index (χ0v) is 15.8. The van der Waals surface area contributed by atoms with Gasteiger partial charge in [-0.2, -0.15) is 0 Å². The third-order valence-electron chi connectivity index (χ3n) is 4.23. The number of aromatic nitrogens is 1. The summed E-state index contributed by atoms with van der Waals surface area (Å²) in [6.45, 7) is 2.62. The Balaban J connectivity index is 1.55. The molecule has 0 atom stereocenters. The molecule has 0 unspecified atom stereocenters. The van der Waals surface area contributed by atoms with E-state index in [1.54, 1.807) is 18.4 Å². The van der Waals surface area contributed by atoms with Crippen LogP contribution in [0.3, 0.4) is 0 Å². The molecule has 26 heavy (non-hydrogen) atoms. The first kappa shape index (κ1) is 18.1. The number of rotatable bonds is 7. The highest BCUT2D eigenvalue weighted by Crippen LogP contribution is 2.32. The van der Waals surface area contributed by atoms with Gasteiger partial charge in [0, 0.05) is 18.3 Å². The Morgan fingerprint density at radius 3 is 2.73 bits per heavy atom. The van der Waals surface area contributed by atoms with Gasteiger partial charge in [0.15, 0.2) is 0 Å². The molecule has 1 aromatic heterocycles. The maximum absolute atomic E-state index is 12.1. The highest BCUT2D eigenvalue weighted by atomic mass is 32.1. The maximum Gasteiger partial charge on any atom is 0.220 e. The summed E-state index contributed by atoms with van der Waals surface area (Å²) in [6, 6.07) is 15.9. The van der Waals surface area contributed by atoms with Crippen LogP contribution in [-0.4, -0.2) is 18.0 Å². The van der Waals surface area contributed by atoms with E-state index in [0.717, 1.165) is 27.6 Å². The lowest BCUT2D eigenvalue weighted by Gasteiger charge is -2.07. The predicted octanol–water partition coefficient (Wildman–Crippen LogP) is 4.38. The molecule has 0 saturated carbocycles. The monoisotopic (exact) mass is 366 g/mol. The SMILES string of the molecule is COc1ccccc1-c1nc(CCC(=O)NCc2ccccc2C)cs1. The van der Waals surface area contributed by atoms with E-state index in [-0.39, 0.29) is 5.91 Å². The van der Waals surface area contributed by atoms with Gasteiger partial charge in [-0.3, -0.25) is 4.79 Å². The number of ether oxygens (including phenoxy) is 1. The standard InChI is InChI=1S/C21H22N2O2S/c1-15-7-3-4-8-16(15)13-22-20(24)12-11-17-14-26-21(23-17)18-9-5-6-10-19(18)25-2/h3-10,14H,11-13H2,1-2H3,(H,22,24). The van der Waals surface area contributed by atoms with Gasteiger partial charge < -0.3 is 10.1 Å². The number of hydrogen-bond acceptors (Lipinski definition) is 4. The van der Waals surface area contributed by atoms with Gasteiger partial charge in [-0.05, 0) is 36.6 Å². The fourth-order valence-corrected chi connectivity index (χ4v) is 3.58. The number of carbonyl (C=O) groups excluding carboxylic acids is 1. The molecule has 3 aromatic rings. The Hall–Kier alpha value is -2.66. The summed E-state index contributed by atoms with van der Waals surface area (Å²) in [4.78, 5) is 16.8. The van der Waals surface area contributed by atoms with Gasteiger partial charge in [0.25, 0.3) is 0 Å². The predicted molar refractivity (Wildman–Crippen MR) is 105 cm³/mol. The molecule has 1 heterocycles. The summed E-state index contributed by atoms with van der Waals surface area (Å²) in [7, 11) is 1.66. The molecule has 1 N–H and O–H groups in total. The quantitative estimate of drug-likeness (QED) is 0.675. The minimum Gasteiger partial charge on any atom is -0.496 e. The van der Waals surface area contributed by atoms with Crippen molar-refractivity contribution in [3.8, 4) is 16.3 Å². The van der Waals surface area contributed by atoms with E-state index < -0.39 is 0 Å². The van der Waals surface area contributed by atoms with Crippen molar-refractivity contribution in [3.63, 3.8) is 0 Å². The Morgan fingerprint density at radius 1 is 1.15 bits per heavy atom. The van der Waals surface area contributed by atoms with E-state index in [1.807, 2.05) is 47.8 Å². The first-order valence-electron chi connectivity index (χ1n) is 8.56. The number of aryl methyl sites for hydroxylation is 2. The largest absolute Gasteiger partial charge is 0.496 e. The average molecular weight is 366 g/mol. The molecule has 0 aliphatic carbocycles. The number of methoxy groups -OCH3 is 1. The Labute approximate surface area is 157 Å². The van der Waals surface area contributed by atoms with Gasteiger partial charge in [0.1, 0.15) is 10.8 Å². The summed E-state index contributed by atoms with van der Waals surface area (Å²) in [5, 5.41) is 5.91. The van der Waals surface area contributed by atoms with Crippen LogP contribution in [0.15, 0.2) is 53.9 Å². The lowest BCUT2D eigenvalue weighted by molar-refractivity contribution is -0.121. The van der Waals surface area contributed by atoms with E-state index in [1.165, 1.54) is 5.56 Å². The summed E-state index contributed by atoms with van der Waals surface area (Å²) < 4.78 is 5.39. The lowest BCUT2D eigenvalue weighted by Crippen LogP contribution is -2.23. The molecule has 0 aliphatic rings. The first-order valence-corrected chi connectivity index (χ1v) is 9.44. The zero-order chi connectivity index (χ0) is 18.4. The number of hydrogen-bond donors (Lipinski definition) is 1. The van der Waals surface area contributed by atoms with Crippen LogP contribution in [0.1, 0.15) is 23.2 Å². The van der Waals surface area contributed by atoms with E-state index in [2.05, 4.69) is 23.3 Å². The van der Waals surface area contributed by atoms with Crippen molar-refractivity contribution >= 4 is 17.2 Å². The molecule has 3 rings (SSSR count). The third kappa shape index (κ3) is 4.49. The van der Waals surface area contributed by atoms with Crippen molar-refractivity contribution < 1.29 is 9.53 Å². The summed E-state index contributed by atoms with van der Waals surface area (Å²) in [5.74, 6) is 0.851. The summed E-state index contributed by atoms with van der Waals surface area (Å²) >= 11 is 1.57. The average Bonchev–Trinajstić information content (AvgIpc) is 3.14. The van der Waals surface area contributed by atoms with Gasteiger partial charge in [0.05, 0.1) is 18.4 Å². The second kappa shape index (κ2) is 8.63. The van der Waals surface area contributed by atoms with E-state index in [9.17, 15) is 4.79 Å². The van der Waals surface area contributed by atoms with Crippen molar-refractivity contribution in [2.75, 3.05) is 7.11 Å². The maximum atomic E-state index is 12.1. The van der Waals surface area contributed by atoms with Crippen molar-refractivity contribution in [1.29, 1.82) is 0 Å². The van der Waals surface area contributed by atoms with Crippen LogP contribution in [0.2, 0.25) is 0 Å². The number of nitrogens with one attached hydrogen (secondary N) is 1. The number of benzene rings is 2. The number of amides is 1. The van der Waals surface area contributed by atoms with E-state index in [0.29, 0.717) is 19.4 Å². The Bertz CT molecular complexity index is 889. The van der Waals surface area contributed by atoms with Crippen LogP contribution in [0.25, 0.3) is 10.6 Å². The van der Waals surface area contributed by atoms with Crippen LogP contribution < -0.4 is 10.1 Å². The summed E-state index contributed by atoms with van der Waals surface area (Å²) in [5.41, 5.74) is 4.25. The number of nitrogens with zero attached hydrogens (tertiary/aromatic N) is 1. The molecule has 0 spiro atoms. The van der Waals surface area contributed by atoms with Crippen molar-refractivity contribution in [1.82, 2.24) is 10.3 Å². The molecular formula is C21H22N2O2S. The highest BCUT2D eigenvalue weighted by Gasteiger charge is 2.11. The smallest absolute Gasteiger partial charge is 0.220 e. The Morgan fingerprint density at radius 2 is 1.92 bits per heavy atom. The van der Waals surface area contributed by atoms with Gasteiger partial charge in [0.2, 0.25) is 5.91 Å². The van der Waals surface area contributed by atoms with E-state index in [4.69, 9.17) is 4.74 Å². The van der Waals surface area contributed by atoms with Crippen LogP contribution in [0.5, 0.6) is 5.75 Å². The van der Waals surface area contributed by atoms with Crippen molar-refractivity contribution in [2.45, 2.75) is 26.3 Å². The topological polar surface area (TPSA) is 51.2 Å². The van der Waals surface area contributed by atoms with Crippen LogP contribution >= 0.6 is 11.3 Å². The summed E-state index contributed by atoms with van der Waals surface area (Å²) in [6.07, 6.45) is 1.06. The minimum atomic E-state index is 0.0418. The number of carbonyl (C=O) groups is 1. The first-order chi connectivity index (χ1) is 12.7. The molecule has 5 heteroatoms. The van der Waals surface area contributed by atoms with Crippen molar-refractivity contribution in [3.05, 3.63) is 70.7 Å². The normalized spacial score (nSPS) is 10.5. The fourth-order valence-electron chi connectivity index (χ4n) is 2.70. The van der Waals surface area contributed by atoms with Gasteiger partial charge in [-0.1, -0.05) is 36.4 Å². The number of para-hydroxylation sites is 1. The lowest BCUT2D eigenvalue weighted by atomic mass is 10.1. The van der Waals surface area contributed by atoms with Gasteiger partial charge in [-0.15, -0.1) is 11.3 Å². The molecule has 1 amide bonds. The van der Waals surface area contributed by atoms with Crippen LogP contribution in [0, 0.1) is 6.92 Å². The minimum absolute atomic E-state index is 0.0418.